The lowest BCUT2D eigenvalue weighted by Crippen LogP contribution is -2.18. The zero-order chi connectivity index (χ0) is 12.9. The van der Waals surface area contributed by atoms with Crippen molar-refractivity contribution in [1.29, 1.82) is 0 Å². The minimum Gasteiger partial charge on any atom is -0.389 e. The van der Waals surface area contributed by atoms with Crippen molar-refractivity contribution in [3.63, 3.8) is 0 Å². The van der Waals surface area contributed by atoms with Gasteiger partial charge in [-0.3, -0.25) is 0 Å². The predicted molar refractivity (Wildman–Crippen MR) is 79.2 cm³/mol. The fraction of sp³-hybridized carbons (Fsp3) is 0.875. The molecule has 0 spiro atoms. The molecule has 0 unspecified atom stereocenters. The van der Waals surface area contributed by atoms with Gasteiger partial charge >= 0.3 is 0 Å². The van der Waals surface area contributed by atoms with Crippen LogP contribution in [0.2, 0.25) is 0 Å². The van der Waals surface area contributed by atoms with Gasteiger partial charge in [0.05, 0.1) is 0 Å². The number of unbranched alkanes of at least 4 members (excludes halogenated alkanes) is 7. The summed E-state index contributed by atoms with van der Waals surface area (Å²) in [5, 5.41) is 3.41. The van der Waals surface area contributed by atoms with Gasteiger partial charge in [-0.1, -0.05) is 72.3 Å². The van der Waals surface area contributed by atoms with E-state index >= 15 is 0 Å². The molecule has 0 aliphatic rings. The molecular formula is C16H33N. The lowest BCUT2D eigenvalue weighted by molar-refractivity contribution is 0.554. The lowest BCUT2D eigenvalue weighted by atomic mass is 10.1. The molecule has 0 aromatic heterocycles. The van der Waals surface area contributed by atoms with Gasteiger partial charge in [-0.05, 0) is 18.8 Å². The molecule has 0 amide bonds. The fourth-order valence-electron chi connectivity index (χ4n) is 1.91. The van der Waals surface area contributed by atoms with E-state index in [1.807, 2.05) is 0 Å². The number of hydrogen-bond donors (Lipinski definition) is 1. The monoisotopic (exact) mass is 239 g/mol. The van der Waals surface area contributed by atoms with Crippen LogP contribution < -0.4 is 5.32 Å². The Kier molecular flexibility index (Phi) is 11.7. The molecule has 0 radical (unpaired) electrons. The summed E-state index contributed by atoms with van der Waals surface area (Å²) in [5.74, 6) is 0.713. The van der Waals surface area contributed by atoms with E-state index in [1.165, 1.54) is 57.1 Å². The van der Waals surface area contributed by atoms with Gasteiger partial charge in [0.15, 0.2) is 0 Å². The molecule has 0 aliphatic carbocycles. The third kappa shape index (κ3) is 13.5. The Morgan fingerprint density at radius 3 is 2.00 bits per heavy atom. The van der Waals surface area contributed by atoms with Crippen LogP contribution in [0.5, 0.6) is 0 Å². The first-order valence-electron chi connectivity index (χ1n) is 7.58. The van der Waals surface area contributed by atoms with E-state index in [-0.39, 0.29) is 0 Å². The maximum Gasteiger partial charge on any atom is 0.0166 e. The first-order valence-corrected chi connectivity index (χ1v) is 7.58. The van der Waals surface area contributed by atoms with Gasteiger partial charge in [0, 0.05) is 12.2 Å². The van der Waals surface area contributed by atoms with Gasteiger partial charge in [-0.25, -0.2) is 0 Å². The highest BCUT2D eigenvalue weighted by molar-refractivity contribution is 4.90. The maximum atomic E-state index is 4.07. The molecule has 0 saturated carbocycles. The molecule has 1 nitrogen and oxygen atoms in total. The van der Waals surface area contributed by atoms with Crippen molar-refractivity contribution in [2.45, 2.75) is 78.6 Å². The first-order chi connectivity index (χ1) is 8.16. The van der Waals surface area contributed by atoms with Crippen molar-refractivity contribution in [1.82, 2.24) is 5.32 Å². The largest absolute Gasteiger partial charge is 0.389 e. The van der Waals surface area contributed by atoms with Crippen molar-refractivity contribution in [3.8, 4) is 0 Å². The summed E-state index contributed by atoms with van der Waals surface area (Å²) in [4.78, 5) is 0. The molecule has 0 saturated heterocycles. The van der Waals surface area contributed by atoms with Gasteiger partial charge in [0.1, 0.15) is 0 Å². The second-order valence-corrected chi connectivity index (χ2v) is 5.60. The van der Waals surface area contributed by atoms with Crippen LogP contribution in [0.25, 0.3) is 0 Å². The van der Waals surface area contributed by atoms with E-state index in [2.05, 4.69) is 32.7 Å². The summed E-state index contributed by atoms with van der Waals surface area (Å²) in [6.07, 6.45) is 12.3. The molecule has 0 aromatic carbocycles. The fourth-order valence-corrected chi connectivity index (χ4v) is 1.91. The molecule has 1 N–H and O–H groups in total. The van der Waals surface area contributed by atoms with Crippen molar-refractivity contribution in [3.05, 3.63) is 12.3 Å². The normalized spacial score (nSPS) is 10.8. The molecule has 0 aliphatic heterocycles. The lowest BCUT2D eigenvalue weighted by Gasteiger charge is -2.11. The molecule has 0 aromatic rings. The summed E-state index contributed by atoms with van der Waals surface area (Å²) in [7, 11) is 0. The van der Waals surface area contributed by atoms with E-state index in [0.717, 1.165) is 13.0 Å². The molecule has 0 rings (SSSR count). The zero-order valence-corrected chi connectivity index (χ0v) is 12.4. The highest BCUT2D eigenvalue weighted by Crippen LogP contribution is 2.11. The highest BCUT2D eigenvalue weighted by Gasteiger charge is 1.97. The highest BCUT2D eigenvalue weighted by atomic mass is 14.9. The van der Waals surface area contributed by atoms with Crippen LogP contribution in [0, 0.1) is 5.92 Å². The van der Waals surface area contributed by atoms with Gasteiger partial charge in [-0.15, -0.1) is 0 Å². The summed E-state index contributed by atoms with van der Waals surface area (Å²) in [5.41, 5.74) is 1.23. The molecule has 1 heteroatoms. The maximum absolute atomic E-state index is 4.07. The Morgan fingerprint density at radius 2 is 1.47 bits per heavy atom. The Hall–Kier alpha value is -0.460. The minimum absolute atomic E-state index is 0.713. The Labute approximate surface area is 109 Å². The molecule has 102 valence electrons. The van der Waals surface area contributed by atoms with E-state index in [0.29, 0.717) is 5.92 Å². The average Bonchev–Trinajstić information content (AvgIpc) is 2.30. The first kappa shape index (κ1) is 16.5. The number of hydrogen-bond acceptors (Lipinski definition) is 1. The SMILES string of the molecule is C=C(CCCCCCCCCC)NCC(C)C. The molecule has 0 fully saturated rings. The van der Waals surface area contributed by atoms with Crippen LogP contribution in [0.15, 0.2) is 12.3 Å². The molecular weight excluding hydrogens is 206 g/mol. The van der Waals surface area contributed by atoms with E-state index in [1.54, 1.807) is 0 Å². The molecule has 17 heavy (non-hydrogen) atoms. The van der Waals surface area contributed by atoms with E-state index in [4.69, 9.17) is 0 Å². The van der Waals surface area contributed by atoms with E-state index in [9.17, 15) is 0 Å². The van der Waals surface area contributed by atoms with Gasteiger partial charge in [0.25, 0.3) is 0 Å². The Balaban J connectivity index is 3.14. The Morgan fingerprint density at radius 1 is 0.941 bits per heavy atom. The smallest absolute Gasteiger partial charge is 0.0166 e. The number of nitrogens with one attached hydrogen (secondary N) is 1. The quantitative estimate of drug-likeness (QED) is 0.457. The number of allylic oxidation sites excluding steroid dienone is 1. The van der Waals surface area contributed by atoms with Gasteiger partial charge in [0.2, 0.25) is 0 Å². The third-order valence-corrected chi connectivity index (χ3v) is 3.09. The topological polar surface area (TPSA) is 12.0 Å². The Bertz CT molecular complexity index is 172. The van der Waals surface area contributed by atoms with Crippen molar-refractivity contribution in [2.24, 2.45) is 5.92 Å². The number of rotatable bonds is 12. The summed E-state index contributed by atoms with van der Waals surface area (Å²) in [6, 6.07) is 0. The summed E-state index contributed by atoms with van der Waals surface area (Å²) < 4.78 is 0. The average molecular weight is 239 g/mol. The van der Waals surface area contributed by atoms with Crippen molar-refractivity contribution >= 4 is 0 Å². The van der Waals surface area contributed by atoms with E-state index < -0.39 is 0 Å². The third-order valence-electron chi connectivity index (χ3n) is 3.09. The van der Waals surface area contributed by atoms with Gasteiger partial charge in [-0.2, -0.15) is 0 Å². The van der Waals surface area contributed by atoms with Crippen LogP contribution in [0.3, 0.4) is 0 Å². The molecule has 0 bridgehead atoms. The van der Waals surface area contributed by atoms with Gasteiger partial charge < -0.3 is 5.32 Å². The van der Waals surface area contributed by atoms with Crippen LogP contribution >= 0.6 is 0 Å². The zero-order valence-electron chi connectivity index (χ0n) is 12.4. The van der Waals surface area contributed by atoms with Crippen LogP contribution in [-0.2, 0) is 0 Å². The second-order valence-electron chi connectivity index (χ2n) is 5.60. The minimum atomic E-state index is 0.713. The van der Waals surface area contributed by atoms with Crippen LogP contribution in [0.1, 0.15) is 78.6 Å². The predicted octanol–water partition coefficient (Wildman–Crippen LogP) is 5.28. The van der Waals surface area contributed by atoms with Crippen molar-refractivity contribution in [2.75, 3.05) is 6.54 Å². The summed E-state index contributed by atoms with van der Waals surface area (Å²) >= 11 is 0. The van der Waals surface area contributed by atoms with Crippen molar-refractivity contribution < 1.29 is 0 Å². The molecule has 0 atom stereocenters. The standard InChI is InChI=1S/C16H33N/c1-5-6-7-8-9-10-11-12-13-16(4)17-14-15(2)3/h15,17H,4-14H2,1-3H3. The molecule has 0 heterocycles. The van der Waals surface area contributed by atoms with Crippen LogP contribution in [0.4, 0.5) is 0 Å². The summed E-state index contributed by atoms with van der Waals surface area (Å²) in [6.45, 7) is 11.9. The van der Waals surface area contributed by atoms with Crippen LogP contribution in [-0.4, -0.2) is 6.54 Å². The second kappa shape index (κ2) is 12.0.